The van der Waals surface area contributed by atoms with Crippen molar-refractivity contribution in [1.82, 2.24) is 5.32 Å². The zero-order valence-electron chi connectivity index (χ0n) is 11.5. The molecule has 1 aromatic carbocycles. The second-order valence-corrected chi connectivity index (χ2v) is 5.85. The van der Waals surface area contributed by atoms with Crippen LogP contribution in [0.4, 0.5) is 13.2 Å². The Morgan fingerprint density at radius 2 is 2.05 bits per heavy atom. The second kappa shape index (κ2) is 5.40. The van der Waals surface area contributed by atoms with E-state index in [1.54, 1.807) is 12.1 Å². The van der Waals surface area contributed by atoms with Gasteiger partial charge in [-0.05, 0) is 31.4 Å². The molecule has 2 aliphatic rings. The zero-order valence-corrected chi connectivity index (χ0v) is 11.5. The van der Waals surface area contributed by atoms with Crippen molar-refractivity contribution in [3.63, 3.8) is 0 Å². The lowest BCUT2D eigenvalue weighted by Crippen LogP contribution is -2.40. The number of fused-ring (bicyclic) bond motifs is 1. The number of aromatic hydroxyl groups is 1. The lowest BCUT2D eigenvalue weighted by atomic mass is 9.85. The minimum absolute atomic E-state index is 0.0995. The van der Waals surface area contributed by atoms with E-state index in [4.69, 9.17) is 4.74 Å². The maximum Gasteiger partial charge on any atom is 0.391 e. The number of hydrogen-bond donors (Lipinski definition) is 2. The smallest absolute Gasteiger partial charge is 0.391 e. The van der Waals surface area contributed by atoms with E-state index >= 15 is 0 Å². The predicted octanol–water partition coefficient (Wildman–Crippen LogP) is 3.54. The number of phenolic OH excluding ortho intramolecular Hbond substituents is 1. The first-order valence-corrected chi connectivity index (χ1v) is 7.22. The fourth-order valence-electron chi connectivity index (χ4n) is 3.26. The molecule has 3 rings (SSSR count). The highest BCUT2D eigenvalue weighted by molar-refractivity contribution is 5.44. The average Bonchev–Trinajstić information content (AvgIpc) is 2.80. The molecule has 0 saturated heterocycles. The van der Waals surface area contributed by atoms with Crippen LogP contribution in [-0.4, -0.2) is 23.9 Å². The third-order valence-corrected chi connectivity index (χ3v) is 4.35. The molecule has 3 nitrogen and oxygen atoms in total. The monoisotopic (exact) mass is 301 g/mol. The summed E-state index contributed by atoms with van der Waals surface area (Å²) in [6.45, 7) is 0.395. The summed E-state index contributed by atoms with van der Waals surface area (Å²) in [4.78, 5) is 0. The van der Waals surface area contributed by atoms with E-state index in [1.807, 2.05) is 0 Å². The molecular weight excluding hydrogens is 283 g/mol. The molecule has 2 N–H and O–H groups in total. The van der Waals surface area contributed by atoms with Crippen LogP contribution >= 0.6 is 0 Å². The molecule has 1 saturated carbocycles. The van der Waals surface area contributed by atoms with Gasteiger partial charge in [-0.3, -0.25) is 0 Å². The Balaban J connectivity index is 1.66. The van der Waals surface area contributed by atoms with E-state index in [9.17, 15) is 18.3 Å². The highest BCUT2D eigenvalue weighted by Gasteiger charge is 2.42. The predicted molar refractivity (Wildman–Crippen MR) is 71.3 cm³/mol. The van der Waals surface area contributed by atoms with Crippen LogP contribution in [0.25, 0.3) is 0 Å². The van der Waals surface area contributed by atoms with Crippen molar-refractivity contribution in [2.24, 2.45) is 5.92 Å². The summed E-state index contributed by atoms with van der Waals surface area (Å²) >= 11 is 0. The van der Waals surface area contributed by atoms with Gasteiger partial charge in [0.25, 0.3) is 0 Å². The SMILES string of the molecule is Oc1ccc2c(c1)OCC2NC1CCCC(C(F)(F)F)C1. The minimum Gasteiger partial charge on any atom is -0.508 e. The topological polar surface area (TPSA) is 41.5 Å². The summed E-state index contributed by atoms with van der Waals surface area (Å²) in [7, 11) is 0. The Morgan fingerprint density at radius 1 is 1.24 bits per heavy atom. The summed E-state index contributed by atoms with van der Waals surface area (Å²) in [5, 5.41) is 12.7. The van der Waals surface area contributed by atoms with Crippen molar-refractivity contribution in [2.45, 2.75) is 43.9 Å². The van der Waals surface area contributed by atoms with Crippen LogP contribution in [0.3, 0.4) is 0 Å². The lowest BCUT2D eigenvalue weighted by Gasteiger charge is -2.32. The molecule has 1 aromatic rings. The van der Waals surface area contributed by atoms with Crippen LogP contribution in [0, 0.1) is 5.92 Å². The van der Waals surface area contributed by atoms with E-state index < -0.39 is 12.1 Å². The third-order valence-electron chi connectivity index (χ3n) is 4.35. The average molecular weight is 301 g/mol. The van der Waals surface area contributed by atoms with Crippen molar-refractivity contribution in [1.29, 1.82) is 0 Å². The van der Waals surface area contributed by atoms with Crippen LogP contribution in [-0.2, 0) is 0 Å². The molecule has 0 spiro atoms. The largest absolute Gasteiger partial charge is 0.508 e. The van der Waals surface area contributed by atoms with E-state index in [0.29, 0.717) is 18.8 Å². The molecule has 21 heavy (non-hydrogen) atoms. The van der Waals surface area contributed by atoms with Crippen molar-refractivity contribution >= 4 is 0 Å². The summed E-state index contributed by atoms with van der Waals surface area (Å²) in [5.41, 5.74) is 0.905. The Kier molecular flexibility index (Phi) is 3.73. The van der Waals surface area contributed by atoms with Crippen LogP contribution in [0.1, 0.15) is 37.3 Å². The van der Waals surface area contributed by atoms with Gasteiger partial charge in [0, 0.05) is 17.7 Å². The van der Waals surface area contributed by atoms with Crippen LogP contribution in [0.5, 0.6) is 11.5 Å². The molecule has 3 atom stereocenters. The number of ether oxygens (including phenoxy) is 1. The number of rotatable bonds is 2. The Morgan fingerprint density at radius 3 is 2.81 bits per heavy atom. The van der Waals surface area contributed by atoms with E-state index in [2.05, 4.69) is 5.32 Å². The number of halogens is 3. The molecule has 1 aliphatic carbocycles. The van der Waals surface area contributed by atoms with Crippen LogP contribution in [0.15, 0.2) is 18.2 Å². The zero-order chi connectivity index (χ0) is 15.0. The summed E-state index contributed by atoms with van der Waals surface area (Å²) < 4.78 is 44.0. The van der Waals surface area contributed by atoms with Gasteiger partial charge in [-0.1, -0.05) is 6.42 Å². The van der Waals surface area contributed by atoms with Gasteiger partial charge in [0.15, 0.2) is 0 Å². The van der Waals surface area contributed by atoms with Gasteiger partial charge in [0.1, 0.15) is 18.1 Å². The summed E-state index contributed by atoms with van der Waals surface area (Å²) in [5.74, 6) is -0.467. The summed E-state index contributed by atoms with van der Waals surface area (Å²) in [6.07, 6.45) is -2.38. The number of alkyl halides is 3. The molecule has 0 bridgehead atoms. The van der Waals surface area contributed by atoms with Gasteiger partial charge in [-0.2, -0.15) is 13.2 Å². The maximum absolute atomic E-state index is 12.8. The quantitative estimate of drug-likeness (QED) is 0.878. The molecule has 116 valence electrons. The van der Waals surface area contributed by atoms with Gasteiger partial charge >= 0.3 is 6.18 Å². The molecule has 0 aromatic heterocycles. The van der Waals surface area contributed by atoms with Gasteiger partial charge < -0.3 is 15.2 Å². The Hall–Kier alpha value is -1.43. The van der Waals surface area contributed by atoms with Crippen molar-refractivity contribution in [2.75, 3.05) is 6.61 Å². The molecule has 3 unspecified atom stereocenters. The molecule has 0 amide bonds. The van der Waals surface area contributed by atoms with Gasteiger partial charge in [0.05, 0.1) is 12.0 Å². The Labute approximate surface area is 121 Å². The van der Waals surface area contributed by atoms with Gasteiger partial charge in [-0.25, -0.2) is 0 Å². The lowest BCUT2D eigenvalue weighted by molar-refractivity contribution is -0.183. The molecule has 0 radical (unpaired) electrons. The number of nitrogens with one attached hydrogen (secondary N) is 1. The molecular formula is C15H18F3NO2. The first-order chi connectivity index (χ1) is 9.93. The Bertz CT molecular complexity index is 518. The first kappa shape index (κ1) is 14.5. The van der Waals surface area contributed by atoms with Crippen molar-refractivity contribution in [3.05, 3.63) is 23.8 Å². The number of benzene rings is 1. The fourth-order valence-corrected chi connectivity index (χ4v) is 3.26. The van der Waals surface area contributed by atoms with Gasteiger partial charge in [-0.15, -0.1) is 0 Å². The first-order valence-electron chi connectivity index (χ1n) is 7.22. The van der Waals surface area contributed by atoms with E-state index in [0.717, 1.165) is 12.0 Å². The fraction of sp³-hybridized carbons (Fsp3) is 0.600. The highest BCUT2D eigenvalue weighted by Crippen LogP contribution is 2.40. The summed E-state index contributed by atoms with van der Waals surface area (Å²) in [6, 6.07) is 4.63. The van der Waals surface area contributed by atoms with E-state index in [-0.39, 0.29) is 30.7 Å². The molecule has 1 fully saturated rings. The standard InChI is InChI=1S/C15H18F3NO2/c16-15(17,18)9-2-1-3-10(6-9)19-13-8-21-14-7-11(20)4-5-12(13)14/h4-5,7,9-10,13,19-20H,1-3,6,8H2. The third kappa shape index (κ3) is 3.10. The van der Waals surface area contributed by atoms with Crippen LogP contribution < -0.4 is 10.1 Å². The molecule has 1 aliphatic heterocycles. The van der Waals surface area contributed by atoms with E-state index in [1.165, 1.54) is 6.07 Å². The van der Waals surface area contributed by atoms with Crippen molar-refractivity contribution in [3.8, 4) is 11.5 Å². The second-order valence-electron chi connectivity index (χ2n) is 5.85. The highest BCUT2D eigenvalue weighted by atomic mass is 19.4. The number of hydrogen-bond acceptors (Lipinski definition) is 3. The minimum atomic E-state index is -4.10. The molecule has 1 heterocycles. The number of phenols is 1. The van der Waals surface area contributed by atoms with Crippen molar-refractivity contribution < 1.29 is 23.0 Å². The normalized spacial score (nSPS) is 29.0. The maximum atomic E-state index is 12.8. The van der Waals surface area contributed by atoms with Gasteiger partial charge in [0.2, 0.25) is 0 Å². The molecule has 6 heteroatoms. The van der Waals surface area contributed by atoms with Crippen LogP contribution in [0.2, 0.25) is 0 Å².